The molecule has 0 amide bonds. The van der Waals surface area contributed by atoms with Gasteiger partial charge in [0, 0.05) is 30.3 Å². The summed E-state index contributed by atoms with van der Waals surface area (Å²) < 4.78 is 22.2. The highest BCUT2D eigenvalue weighted by Gasteiger charge is 2.37. The first-order valence-corrected chi connectivity index (χ1v) is 16.6. The van der Waals surface area contributed by atoms with Gasteiger partial charge in [0.25, 0.3) is 0 Å². The van der Waals surface area contributed by atoms with Gasteiger partial charge >= 0.3 is 16.3 Å². The van der Waals surface area contributed by atoms with Gasteiger partial charge in [-0.15, -0.1) is 0 Å². The lowest BCUT2D eigenvalue weighted by molar-refractivity contribution is 0.233. The Morgan fingerprint density at radius 1 is 0.833 bits per heavy atom. The Bertz CT molecular complexity index is 1420. The predicted octanol–water partition coefficient (Wildman–Crippen LogP) is 4.54. The van der Waals surface area contributed by atoms with E-state index >= 15 is 0 Å². The van der Waals surface area contributed by atoms with Crippen LogP contribution in [0.15, 0.2) is 66.7 Å². The molecule has 0 aromatic heterocycles. The summed E-state index contributed by atoms with van der Waals surface area (Å²) in [5.74, 6) is 1.99. The fourth-order valence-corrected chi connectivity index (χ4v) is 6.14. The standard InChI is InChI=1S/C29H35NO10P2/c1-19-13-14-30(18-19)15-16-37-23-7-5-22(6-8-23)29-28(21-3-9-24(10-4-21)39-41(31,32)33)20(2)26-12-11-25(17-27(26)38-29)40-42(34,35)36/h3-12,17,19,29,31-36H,13-16,18H2,1-2H3/q+2/t19-,29?/m1/s1. The monoisotopic (exact) mass is 619 g/mol. The van der Waals surface area contributed by atoms with E-state index in [-0.39, 0.29) is 11.5 Å². The molecule has 1 saturated heterocycles. The Hall–Kier alpha value is -2.82. The van der Waals surface area contributed by atoms with Gasteiger partial charge in [0.15, 0.2) is 11.5 Å². The third-order valence-electron chi connectivity index (χ3n) is 7.26. The molecule has 6 N–H and O–H groups in total. The van der Waals surface area contributed by atoms with Crippen molar-refractivity contribution in [1.82, 2.24) is 4.90 Å². The lowest BCUT2D eigenvalue weighted by atomic mass is 9.86. The zero-order valence-electron chi connectivity index (χ0n) is 23.2. The molecule has 5 rings (SSSR count). The van der Waals surface area contributed by atoms with E-state index < -0.39 is 22.4 Å². The summed E-state index contributed by atoms with van der Waals surface area (Å²) in [6.07, 6.45) is 0.615. The van der Waals surface area contributed by atoms with E-state index in [1.807, 2.05) is 31.2 Å². The van der Waals surface area contributed by atoms with Crippen LogP contribution in [0.3, 0.4) is 0 Å². The number of likely N-dealkylation sites (tertiary alicyclic amines) is 1. The van der Waals surface area contributed by atoms with Gasteiger partial charge in [-0.2, -0.15) is 29.4 Å². The molecule has 13 heteroatoms. The SMILES string of the molecule is CC1=C(c2ccc(O[P+](O)(O)O)cc2)C(c2ccc(OCCN3CC[C@@H](C)C3)cc2)Oc2cc(O[P+](O)(O)O)ccc21. The van der Waals surface area contributed by atoms with Crippen molar-refractivity contribution in [3.63, 3.8) is 0 Å². The highest BCUT2D eigenvalue weighted by Crippen LogP contribution is 2.51. The summed E-state index contributed by atoms with van der Waals surface area (Å²) in [7, 11) is -8.97. The van der Waals surface area contributed by atoms with E-state index in [1.165, 1.54) is 30.7 Å². The van der Waals surface area contributed by atoms with Crippen molar-refractivity contribution in [3.8, 4) is 23.0 Å². The summed E-state index contributed by atoms with van der Waals surface area (Å²) in [5.41, 5.74) is 4.01. The van der Waals surface area contributed by atoms with Crippen molar-refractivity contribution in [2.24, 2.45) is 5.92 Å². The third-order valence-corrected chi connectivity index (χ3v) is 8.17. The van der Waals surface area contributed by atoms with E-state index in [2.05, 4.69) is 11.8 Å². The molecule has 0 radical (unpaired) electrons. The minimum atomic E-state index is -4.51. The van der Waals surface area contributed by atoms with Crippen LogP contribution in [0, 0.1) is 5.92 Å². The van der Waals surface area contributed by atoms with Gasteiger partial charge in [-0.25, -0.2) is 0 Å². The lowest BCUT2D eigenvalue weighted by Crippen LogP contribution is -2.25. The van der Waals surface area contributed by atoms with Crippen LogP contribution in [0.25, 0.3) is 11.1 Å². The third kappa shape index (κ3) is 7.76. The van der Waals surface area contributed by atoms with Gasteiger partial charge in [-0.3, -0.25) is 13.9 Å². The van der Waals surface area contributed by atoms with Crippen LogP contribution in [-0.2, 0) is 0 Å². The van der Waals surface area contributed by atoms with Gasteiger partial charge < -0.3 is 9.47 Å². The molecule has 11 nitrogen and oxygen atoms in total. The van der Waals surface area contributed by atoms with Gasteiger partial charge in [0.1, 0.15) is 24.2 Å². The molecule has 1 unspecified atom stereocenters. The van der Waals surface area contributed by atoms with E-state index in [4.69, 9.17) is 18.5 Å². The zero-order chi connectivity index (χ0) is 30.1. The zero-order valence-corrected chi connectivity index (χ0v) is 25.0. The average molecular weight is 620 g/mol. The summed E-state index contributed by atoms with van der Waals surface area (Å²) in [5, 5.41) is 0. The molecule has 2 atom stereocenters. The Morgan fingerprint density at radius 3 is 2.07 bits per heavy atom. The molecule has 0 aliphatic carbocycles. The minimum absolute atomic E-state index is 0.0334. The number of nitrogens with zero attached hydrogens (tertiary/aromatic N) is 1. The van der Waals surface area contributed by atoms with Crippen LogP contribution in [0.5, 0.6) is 23.0 Å². The van der Waals surface area contributed by atoms with Crippen molar-refractivity contribution >= 4 is 27.5 Å². The molecule has 2 heterocycles. The molecule has 2 aliphatic rings. The molecule has 42 heavy (non-hydrogen) atoms. The molecular formula is C29H35NO10P2+2. The van der Waals surface area contributed by atoms with Crippen LogP contribution in [0.2, 0.25) is 0 Å². The Morgan fingerprint density at radius 2 is 1.45 bits per heavy atom. The number of hydrogen-bond acceptors (Lipinski definition) is 11. The van der Waals surface area contributed by atoms with Crippen LogP contribution >= 0.6 is 16.3 Å². The molecule has 1 fully saturated rings. The van der Waals surface area contributed by atoms with Crippen molar-refractivity contribution < 1.29 is 47.9 Å². The second kappa shape index (κ2) is 12.4. The first-order valence-electron chi connectivity index (χ1n) is 13.5. The first-order chi connectivity index (χ1) is 19.8. The maximum absolute atomic E-state index is 9.38. The average Bonchev–Trinajstić information content (AvgIpc) is 3.32. The van der Waals surface area contributed by atoms with Crippen molar-refractivity contribution in [2.45, 2.75) is 26.4 Å². The summed E-state index contributed by atoms with van der Waals surface area (Å²) in [6.45, 7) is 7.84. The van der Waals surface area contributed by atoms with E-state index in [0.717, 1.165) is 59.1 Å². The Balaban J connectivity index is 1.43. The lowest BCUT2D eigenvalue weighted by Gasteiger charge is -2.31. The van der Waals surface area contributed by atoms with Crippen molar-refractivity contribution in [3.05, 3.63) is 83.4 Å². The molecule has 2 aliphatic heterocycles. The van der Waals surface area contributed by atoms with Crippen LogP contribution < -0.4 is 18.5 Å². The number of allylic oxidation sites excluding steroid dienone is 1. The Kier molecular flexibility index (Phi) is 9.06. The van der Waals surface area contributed by atoms with Crippen molar-refractivity contribution in [2.75, 3.05) is 26.2 Å². The molecular weight excluding hydrogens is 584 g/mol. The topological polar surface area (TPSA) is 162 Å². The van der Waals surface area contributed by atoms with Crippen LogP contribution in [-0.4, -0.2) is 60.5 Å². The van der Waals surface area contributed by atoms with Gasteiger partial charge in [0.05, 0.1) is 0 Å². The summed E-state index contributed by atoms with van der Waals surface area (Å²) >= 11 is 0. The summed E-state index contributed by atoms with van der Waals surface area (Å²) in [4.78, 5) is 58.4. The molecule has 224 valence electrons. The molecule has 0 spiro atoms. The largest absolute Gasteiger partial charge is 0.613 e. The number of rotatable bonds is 10. The van der Waals surface area contributed by atoms with E-state index in [9.17, 15) is 29.4 Å². The molecule has 0 saturated carbocycles. The van der Waals surface area contributed by atoms with E-state index in [0.29, 0.717) is 12.4 Å². The fraction of sp³-hybridized carbons (Fsp3) is 0.310. The summed E-state index contributed by atoms with van der Waals surface area (Å²) in [6, 6.07) is 18.8. The van der Waals surface area contributed by atoms with Crippen LogP contribution in [0.1, 0.15) is 43.1 Å². The predicted molar refractivity (Wildman–Crippen MR) is 159 cm³/mol. The maximum Gasteiger partial charge on any atom is 0.613 e. The van der Waals surface area contributed by atoms with Gasteiger partial charge in [-0.1, -0.05) is 31.2 Å². The Labute approximate surface area is 245 Å². The first kappa shape index (κ1) is 30.6. The molecule has 3 aromatic carbocycles. The number of ether oxygens (including phenoxy) is 2. The second-order valence-electron chi connectivity index (χ2n) is 10.5. The van der Waals surface area contributed by atoms with Gasteiger partial charge in [0.2, 0.25) is 0 Å². The molecule has 3 aromatic rings. The highest BCUT2D eigenvalue weighted by molar-refractivity contribution is 7.54. The minimum Gasteiger partial charge on any atom is -0.492 e. The number of fused-ring (bicyclic) bond motifs is 1. The maximum atomic E-state index is 9.38. The number of benzene rings is 3. The second-order valence-corrected chi connectivity index (χ2v) is 13.0. The van der Waals surface area contributed by atoms with Gasteiger partial charge in [-0.05, 0) is 78.9 Å². The highest BCUT2D eigenvalue weighted by atomic mass is 31.2. The number of hydrogen-bond donors (Lipinski definition) is 6. The van der Waals surface area contributed by atoms with Crippen molar-refractivity contribution in [1.29, 1.82) is 0 Å². The fourth-order valence-electron chi connectivity index (χ4n) is 5.34. The van der Waals surface area contributed by atoms with Crippen LogP contribution in [0.4, 0.5) is 0 Å². The quantitative estimate of drug-likeness (QED) is 0.177. The smallest absolute Gasteiger partial charge is 0.492 e. The molecule has 0 bridgehead atoms. The normalized spacial score (nSPS) is 19.3. The van der Waals surface area contributed by atoms with E-state index in [1.54, 1.807) is 18.2 Å².